The Morgan fingerprint density at radius 2 is 1.96 bits per heavy atom. The molecule has 1 saturated heterocycles. The van der Waals surface area contributed by atoms with E-state index < -0.39 is 9.84 Å². The topological polar surface area (TPSA) is 72.9 Å². The highest BCUT2D eigenvalue weighted by Crippen LogP contribution is 2.28. The number of carbonyl (C=O) groups excluding carboxylic acids is 1. The number of sulfone groups is 1. The molecule has 0 bridgehead atoms. The summed E-state index contributed by atoms with van der Waals surface area (Å²) in [5.74, 6) is 1.41. The first-order chi connectivity index (χ1) is 11.9. The Balaban J connectivity index is 2.13. The Hall–Kier alpha value is -1.60. The SMILES string of the molecule is CCCCN(CC(=O)c1ccc(OC)c(OC)c1)[C@@H]1CCS(=O)(=O)C1. The summed E-state index contributed by atoms with van der Waals surface area (Å²) in [4.78, 5) is 14.7. The largest absolute Gasteiger partial charge is 0.493 e. The first kappa shape index (κ1) is 19.7. The lowest BCUT2D eigenvalue weighted by molar-refractivity contribution is 0.0899. The number of Topliss-reactive ketones (excluding diaryl/α,β-unsaturated/α-hetero) is 1. The quantitative estimate of drug-likeness (QED) is 0.621. The zero-order valence-electron chi connectivity index (χ0n) is 15.2. The van der Waals surface area contributed by atoms with E-state index in [-0.39, 0.29) is 29.9 Å². The fourth-order valence-corrected chi connectivity index (χ4v) is 4.86. The Morgan fingerprint density at radius 3 is 2.52 bits per heavy atom. The van der Waals surface area contributed by atoms with Gasteiger partial charge in [0.05, 0.1) is 32.3 Å². The lowest BCUT2D eigenvalue weighted by atomic mass is 10.1. The molecule has 7 heteroatoms. The van der Waals surface area contributed by atoms with Gasteiger partial charge >= 0.3 is 0 Å². The van der Waals surface area contributed by atoms with E-state index in [1.165, 1.54) is 7.11 Å². The third-order valence-electron chi connectivity index (χ3n) is 4.58. The molecule has 0 N–H and O–H groups in total. The minimum Gasteiger partial charge on any atom is -0.493 e. The van der Waals surface area contributed by atoms with E-state index in [0.717, 1.165) is 19.4 Å². The van der Waals surface area contributed by atoms with E-state index in [2.05, 4.69) is 6.92 Å². The van der Waals surface area contributed by atoms with Crippen LogP contribution in [0.2, 0.25) is 0 Å². The summed E-state index contributed by atoms with van der Waals surface area (Å²) in [5, 5.41) is 0. The molecule has 1 aromatic rings. The Bertz CT molecular complexity index is 701. The molecule has 0 spiro atoms. The number of rotatable bonds is 9. The molecule has 1 atom stereocenters. The number of ether oxygens (including phenoxy) is 2. The number of unbranched alkanes of at least 4 members (excludes halogenated alkanes) is 1. The van der Waals surface area contributed by atoms with Gasteiger partial charge in [0.2, 0.25) is 0 Å². The summed E-state index contributed by atoms with van der Waals surface area (Å²) in [7, 11) is 0.104. The van der Waals surface area contributed by atoms with Gasteiger partial charge in [-0.2, -0.15) is 0 Å². The van der Waals surface area contributed by atoms with Crippen LogP contribution >= 0.6 is 0 Å². The molecule has 2 rings (SSSR count). The van der Waals surface area contributed by atoms with Crippen LogP contribution in [-0.4, -0.2) is 64.0 Å². The third-order valence-corrected chi connectivity index (χ3v) is 6.33. The molecule has 1 fully saturated rings. The fourth-order valence-electron chi connectivity index (χ4n) is 3.10. The van der Waals surface area contributed by atoms with Gasteiger partial charge in [0, 0.05) is 11.6 Å². The average Bonchev–Trinajstić information content (AvgIpc) is 2.97. The predicted molar refractivity (Wildman–Crippen MR) is 97.4 cm³/mol. The van der Waals surface area contributed by atoms with E-state index in [1.807, 2.05) is 4.90 Å². The molecule has 0 radical (unpaired) electrons. The number of nitrogens with zero attached hydrogens (tertiary/aromatic N) is 1. The minimum atomic E-state index is -2.98. The van der Waals surface area contributed by atoms with Crippen LogP contribution in [0, 0.1) is 0 Å². The second kappa shape index (κ2) is 8.67. The van der Waals surface area contributed by atoms with Gasteiger partial charge in [-0.3, -0.25) is 9.69 Å². The van der Waals surface area contributed by atoms with Crippen molar-refractivity contribution in [3.8, 4) is 11.5 Å². The summed E-state index contributed by atoms with van der Waals surface area (Å²) in [6.45, 7) is 3.03. The molecule has 0 amide bonds. The van der Waals surface area contributed by atoms with E-state index in [1.54, 1.807) is 25.3 Å². The molecule has 140 valence electrons. The van der Waals surface area contributed by atoms with Crippen LogP contribution in [-0.2, 0) is 9.84 Å². The number of benzene rings is 1. The van der Waals surface area contributed by atoms with Crippen LogP contribution in [0.4, 0.5) is 0 Å². The van der Waals surface area contributed by atoms with Crippen LogP contribution in [0.3, 0.4) is 0 Å². The highest BCUT2D eigenvalue weighted by Gasteiger charge is 2.33. The standard InChI is InChI=1S/C18H27NO5S/c1-4-5-9-19(15-8-10-25(21,22)13-15)12-16(20)14-6-7-17(23-2)18(11-14)24-3/h6-7,11,15H,4-5,8-10,12-13H2,1-3H3/t15-/m1/s1. The van der Waals surface area contributed by atoms with E-state index in [0.29, 0.717) is 23.5 Å². The van der Waals surface area contributed by atoms with Crippen molar-refractivity contribution in [2.24, 2.45) is 0 Å². The molecule has 0 aromatic heterocycles. The first-order valence-electron chi connectivity index (χ1n) is 8.60. The van der Waals surface area contributed by atoms with Crippen molar-refractivity contribution in [1.29, 1.82) is 0 Å². The smallest absolute Gasteiger partial charge is 0.176 e. The lowest BCUT2D eigenvalue weighted by Gasteiger charge is -2.27. The van der Waals surface area contributed by atoms with Gasteiger partial charge in [-0.25, -0.2) is 8.42 Å². The van der Waals surface area contributed by atoms with Crippen molar-refractivity contribution in [2.45, 2.75) is 32.2 Å². The van der Waals surface area contributed by atoms with Crippen LogP contribution in [0.15, 0.2) is 18.2 Å². The van der Waals surface area contributed by atoms with Gasteiger partial charge in [0.15, 0.2) is 27.1 Å². The molecule has 6 nitrogen and oxygen atoms in total. The second-order valence-corrected chi connectivity index (χ2v) is 8.60. The van der Waals surface area contributed by atoms with Crippen molar-refractivity contribution in [3.63, 3.8) is 0 Å². The van der Waals surface area contributed by atoms with Gasteiger partial charge < -0.3 is 9.47 Å². The van der Waals surface area contributed by atoms with Crippen LogP contribution in [0.1, 0.15) is 36.5 Å². The molecule has 1 heterocycles. The maximum absolute atomic E-state index is 12.7. The number of ketones is 1. The fraction of sp³-hybridized carbons (Fsp3) is 0.611. The third kappa shape index (κ3) is 5.19. The highest BCUT2D eigenvalue weighted by atomic mass is 32.2. The molecule has 0 unspecified atom stereocenters. The number of methoxy groups -OCH3 is 2. The number of hydrogen-bond donors (Lipinski definition) is 0. The molecule has 25 heavy (non-hydrogen) atoms. The lowest BCUT2D eigenvalue weighted by Crippen LogP contribution is -2.40. The molecular weight excluding hydrogens is 342 g/mol. The Morgan fingerprint density at radius 1 is 1.24 bits per heavy atom. The van der Waals surface area contributed by atoms with Gasteiger partial charge in [0.25, 0.3) is 0 Å². The summed E-state index contributed by atoms with van der Waals surface area (Å²) >= 11 is 0. The summed E-state index contributed by atoms with van der Waals surface area (Å²) in [6.07, 6.45) is 2.54. The summed E-state index contributed by atoms with van der Waals surface area (Å²) < 4.78 is 34.0. The maximum Gasteiger partial charge on any atom is 0.176 e. The van der Waals surface area contributed by atoms with E-state index >= 15 is 0 Å². The second-order valence-electron chi connectivity index (χ2n) is 6.37. The molecule has 0 aliphatic carbocycles. The van der Waals surface area contributed by atoms with E-state index in [4.69, 9.17) is 9.47 Å². The van der Waals surface area contributed by atoms with Crippen molar-refractivity contribution in [3.05, 3.63) is 23.8 Å². The van der Waals surface area contributed by atoms with Crippen LogP contribution in [0.25, 0.3) is 0 Å². The zero-order chi connectivity index (χ0) is 18.4. The normalized spacial score (nSPS) is 19.1. The monoisotopic (exact) mass is 369 g/mol. The molecule has 1 aromatic carbocycles. The Kier molecular flexibility index (Phi) is 6.84. The minimum absolute atomic E-state index is 0.0404. The summed E-state index contributed by atoms with van der Waals surface area (Å²) in [6, 6.07) is 5.03. The van der Waals surface area contributed by atoms with Crippen LogP contribution < -0.4 is 9.47 Å². The molecule has 0 saturated carbocycles. The Labute approximate surface area is 150 Å². The highest BCUT2D eigenvalue weighted by molar-refractivity contribution is 7.91. The zero-order valence-corrected chi connectivity index (χ0v) is 16.0. The van der Waals surface area contributed by atoms with Crippen molar-refractivity contribution in [1.82, 2.24) is 4.90 Å². The predicted octanol–water partition coefficient (Wildman–Crippen LogP) is 2.18. The van der Waals surface area contributed by atoms with Gasteiger partial charge in [-0.05, 0) is 37.6 Å². The van der Waals surface area contributed by atoms with E-state index in [9.17, 15) is 13.2 Å². The van der Waals surface area contributed by atoms with Gasteiger partial charge in [-0.15, -0.1) is 0 Å². The number of hydrogen-bond acceptors (Lipinski definition) is 6. The van der Waals surface area contributed by atoms with Crippen molar-refractivity contribution in [2.75, 3.05) is 38.8 Å². The van der Waals surface area contributed by atoms with Crippen molar-refractivity contribution < 1.29 is 22.7 Å². The van der Waals surface area contributed by atoms with Crippen molar-refractivity contribution >= 4 is 15.6 Å². The number of carbonyl (C=O) groups is 1. The average molecular weight is 369 g/mol. The van der Waals surface area contributed by atoms with Gasteiger partial charge in [-0.1, -0.05) is 13.3 Å². The molecule has 1 aliphatic rings. The molecule has 1 aliphatic heterocycles. The summed E-state index contributed by atoms with van der Waals surface area (Å²) in [5.41, 5.74) is 0.542. The maximum atomic E-state index is 12.7. The van der Waals surface area contributed by atoms with Gasteiger partial charge in [0.1, 0.15) is 0 Å². The molecular formula is C18H27NO5S. The van der Waals surface area contributed by atoms with Crippen LogP contribution in [0.5, 0.6) is 11.5 Å². The first-order valence-corrected chi connectivity index (χ1v) is 10.4.